The average Bonchev–Trinajstić information content (AvgIpc) is 2.18. The van der Waals surface area contributed by atoms with Gasteiger partial charge in [-0.1, -0.05) is 26.7 Å². The van der Waals surface area contributed by atoms with Gasteiger partial charge in [0.25, 0.3) is 0 Å². The Labute approximate surface area is 99.2 Å². The Morgan fingerprint density at radius 3 is 2.56 bits per heavy atom. The van der Waals surface area contributed by atoms with Crippen LogP contribution in [0.15, 0.2) is 0 Å². The van der Waals surface area contributed by atoms with E-state index in [-0.39, 0.29) is 17.2 Å². The third kappa shape index (κ3) is 4.03. The Morgan fingerprint density at radius 1 is 1.31 bits per heavy atom. The van der Waals surface area contributed by atoms with Crippen molar-refractivity contribution in [3.8, 4) is 0 Å². The van der Waals surface area contributed by atoms with Crippen molar-refractivity contribution in [1.29, 1.82) is 0 Å². The summed E-state index contributed by atoms with van der Waals surface area (Å²) in [6, 6.07) is 0.100. The molecule has 1 unspecified atom stereocenters. The van der Waals surface area contributed by atoms with Gasteiger partial charge < -0.3 is 5.32 Å². The van der Waals surface area contributed by atoms with Gasteiger partial charge in [0.15, 0.2) is 0 Å². The maximum Gasteiger partial charge on any atom is 0.213 e. The lowest BCUT2D eigenvalue weighted by Gasteiger charge is -2.38. The molecule has 1 fully saturated rings. The molecule has 0 radical (unpaired) electrons. The maximum atomic E-state index is 11.8. The lowest BCUT2D eigenvalue weighted by Crippen LogP contribution is -2.48. The molecule has 0 aliphatic heterocycles. The molecule has 1 saturated carbocycles. The molecule has 0 aromatic carbocycles. The predicted molar refractivity (Wildman–Crippen MR) is 66.9 cm³/mol. The molecule has 96 valence electrons. The highest BCUT2D eigenvalue weighted by molar-refractivity contribution is 7.89. The van der Waals surface area contributed by atoms with Crippen molar-refractivity contribution in [2.75, 3.05) is 19.3 Å². The number of nitrogens with one attached hydrogen (secondary N) is 2. The summed E-state index contributed by atoms with van der Waals surface area (Å²) in [4.78, 5) is 0. The van der Waals surface area contributed by atoms with Crippen molar-refractivity contribution in [3.05, 3.63) is 0 Å². The fraction of sp³-hybridized carbons (Fsp3) is 1.00. The summed E-state index contributed by atoms with van der Waals surface area (Å²) in [5.41, 5.74) is 0.0883. The van der Waals surface area contributed by atoms with Gasteiger partial charge in [-0.3, -0.25) is 0 Å². The Balaban J connectivity index is 2.58. The second-order valence-corrected chi connectivity index (χ2v) is 7.20. The number of hydrogen-bond acceptors (Lipinski definition) is 3. The summed E-state index contributed by atoms with van der Waals surface area (Å²) >= 11 is 0. The maximum absolute atomic E-state index is 11.8. The predicted octanol–water partition coefficient (Wildman–Crippen LogP) is 1.09. The first-order chi connectivity index (χ1) is 7.37. The zero-order valence-corrected chi connectivity index (χ0v) is 11.4. The zero-order valence-electron chi connectivity index (χ0n) is 10.5. The highest BCUT2D eigenvalue weighted by Gasteiger charge is 2.34. The minimum absolute atomic E-state index is 0.0883. The van der Waals surface area contributed by atoms with Gasteiger partial charge in [0, 0.05) is 12.6 Å². The van der Waals surface area contributed by atoms with Gasteiger partial charge in [-0.25, -0.2) is 13.1 Å². The monoisotopic (exact) mass is 248 g/mol. The second kappa shape index (κ2) is 5.47. The standard InChI is InChI=1S/C11H24N2O2S/c1-11(2)7-5-4-6-10(11)13-16(14,15)9-8-12-3/h10,12-13H,4-9H2,1-3H3. The van der Waals surface area contributed by atoms with Crippen molar-refractivity contribution in [2.24, 2.45) is 5.41 Å². The van der Waals surface area contributed by atoms with Crippen LogP contribution in [0.1, 0.15) is 39.5 Å². The van der Waals surface area contributed by atoms with E-state index in [1.165, 1.54) is 6.42 Å². The molecule has 1 rings (SSSR count). The van der Waals surface area contributed by atoms with Gasteiger partial charge >= 0.3 is 0 Å². The first kappa shape index (κ1) is 13.9. The van der Waals surface area contributed by atoms with Gasteiger partial charge in [-0.2, -0.15) is 0 Å². The van der Waals surface area contributed by atoms with Crippen LogP contribution in [0.4, 0.5) is 0 Å². The molecule has 5 heteroatoms. The summed E-state index contributed by atoms with van der Waals surface area (Å²) in [7, 11) is -1.36. The Morgan fingerprint density at radius 2 is 2.00 bits per heavy atom. The highest BCUT2D eigenvalue weighted by Crippen LogP contribution is 2.35. The van der Waals surface area contributed by atoms with E-state index in [1.54, 1.807) is 7.05 Å². The summed E-state index contributed by atoms with van der Waals surface area (Å²) < 4.78 is 26.4. The van der Waals surface area contributed by atoms with Gasteiger partial charge in [0.05, 0.1) is 5.75 Å². The molecular weight excluding hydrogens is 224 g/mol. The molecule has 0 saturated heterocycles. The van der Waals surface area contributed by atoms with E-state index in [2.05, 4.69) is 23.9 Å². The summed E-state index contributed by atoms with van der Waals surface area (Å²) in [5, 5.41) is 2.86. The lowest BCUT2D eigenvalue weighted by atomic mass is 9.74. The molecule has 0 bridgehead atoms. The molecular formula is C11H24N2O2S. The Bertz CT molecular complexity index is 312. The van der Waals surface area contributed by atoms with Gasteiger partial charge in [-0.05, 0) is 25.3 Å². The molecule has 0 aromatic heterocycles. The van der Waals surface area contributed by atoms with Crippen molar-refractivity contribution in [3.63, 3.8) is 0 Å². The van der Waals surface area contributed by atoms with Crippen LogP contribution in [0.2, 0.25) is 0 Å². The molecule has 0 spiro atoms. The van der Waals surface area contributed by atoms with Crippen molar-refractivity contribution in [1.82, 2.24) is 10.0 Å². The summed E-state index contributed by atoms with van der Waals surface area (Å²) in [6.07, 6.45) is 4.41. The number of sulfonamides is 1. The van der Waals surface area contributed by atoms with Crippen LogP contribution >= 0.6 is 0 Å². The molecule has 16 heavy (non-hydrogen) atoms. The molecule has 1 atom stereocenters. The molecule has 0 heterocycles. The van der Waals surface area contributed by atoms with Crippen LogP contribution in [0.25, 0.3) is 0 Å². The van der Waals surface area contributed by atoms with Crippen molar-refractivity contribution >= 4 is 10.0 Å². The van der Waals surface area contributed by atoms with Crippen LogP contribution in [0.5, 0.6) is 0 Å². The largest absolute Gasteiger partial charge is 0.319 e. The van der Waals surface area contributed by atoms with E-state index >= 15 is 0 Å². The summed E-state index contributed by atoms with van der Waals surface area (Å²) in [6.45, 7) is 4.80. The Kier molecular flexibility index (Phi) is 4.76. The smallest absolute Gasteiger partial charge is 0.213 e. The van der Waals surface area contributed by atoms with E-state index in [0.29, 0.717) is 6.54 Å². The van der Waals surface area contributed by atoms with E-state index in [0.717, 1.165) is 19.3 Å². The third-order valence-electron chi connectivity index (χ3n) is 3.45. The highest BCUT2D eigenvalue weighted by atomic mass is 32.2. The minimum atomic E-state index is -3.13. The van der Waals surface area contributed by atoms with Crippen LogP contribution in [-0.4, -0.2) is 33.8 Å². The van der Waals surface area contributed by atoms with Gasteiger partial charge in [0.2, 0.25) is 10.0 Å². The first-order valence-electron chi connectivity index (χ1n) is 6.02. The number of hydrogen-bond donors (Lipinski definition) is 2. The minimum Gasteiger partial charge on any atom is -0.319 e. The van der Waals surface area contributed by atoms with Gasteiger partial charge in [-0.15, -0.1) is 0 Å². The van der Waals surface area contributed by atoms with E-state index < -0.39 is 10.0 Å². The third-order valence-corrected chi connectivity index (χ3v) is 4.84. The van der Waals surface area contributed by atoms with Crippen LogP contribution < -0.4 is 10.0 Å². The fourth-order valence-corrected chi connectivity index (χ4v) is 3.69. The Hall–Kier alpha value is -0.130. The number of rotatable bonds is 5. The SMILES string of the molecule is CNCCS(=O)(=O)NC1CCCCC1(C)C. The molecule has 1 aliphatic carbocycles. The topological polar surface area (TPSA) is 58.2 Å². The molecule has 1 aliphatic rings. The normalized spacial score (nSPS) is 25.6. The molecule has 4 nitrogen and oxygen atoms in total. The quantitative estimate of drug-likeness (QED) is 0.766. The van der Waals surface area contributed by atoms with E-state index in [9.17, 15) is 8.42 Å². The van der Waals surface area contributed by atoms with Crippen LogP contribution in [0, 0.1) is 5.41 Å². The zero-order chi connectivity index (χ0) is 12.2. The molecule has 2 N–H and O–H groups in total. The van der Waals surface area contributed by atoms with Crippen LogP contribution in [0.3, 0.4) is 0 Å². The fourth-order valence-electron chi connectivity index (χ4n) is 2.22. The average molecular weight is 248 g/mol. The van der Waals surface area contributed by atoms with Gasteiger partial charge in [0.1, 0.15) is 0 Å². The van der Waals surface area contributed by atoms with Crippen LogP contribution in [-0.2, 0) is 10.0 Å². The van der Waals surface area contributed by atoms with E-state index in [1.807, 2.05) is 0 Å². The lowest BCUT2D eigenvalue weighted by molar-refractivity contribution is 0.188. The van der Waals surface area contributed by atoms with E-state index in [4.69, 9.17) is 0 Å². The molecule has 0 aromatic rings. The second-order valence-electron chi connectivity index (χ2n) is 5.33. The first-order valence-corrected chi connectivity index (χ1v) is 7.67. The van der Waals surface area contributed by atoms with Crippen molar-refractivity contribution < 1.29 is 8.42 Å². The molecule has 0 amide bonds. The summed E-state index contributed by atoms with van der Waals surface area (Å²) in [5.74, 6) is 0.163. The van der Waals surface area contributed by atoms with Crippen molar-refractivity contribution in [2.45, 2.75) is 45.6 Å².